The molecule has 4 nitrogen and oxygen atoms in total. The van der Waals surface area contributed by atoms with Gasteiger partial charge in [-0.1, -0.05) is 18.9 Å². The summed E-state index contributed by atoms with van der Waals surface area (Å²) < 4.78 is 0. The molecule has 16 heavy (non-hydrogen) atoms. The van der Waals surface area contributed by atoms with Crippen molar-refractivity contribution < 1.29 is 4.79 Å². The van der Waals surface area contributed by atoms with Gasteiger partial charge in [-0.15, -0.1) is 0 Å². The average Bonchev–Trinajstić information content (AvgIpc) is 2.73. The molecule has 0 aromatic heterocycles. The molecule has 0 bridgehead atoms. The molecular weight excluding hydrogens is 202 g/mol. The van der Waals surface area contributed by atoms with E-state index in [0.29, 0.717) is 23.0 Å². The Kier molecular flexibility index (Phi) is 2.99. The van der Waals surface area contributed by atoms with Crippen LogP contribution in [0.4, 0.5) is 11.4 Å². The third-order valence-electron chi connectivity index (χ3n) is 3.07. The Morgan fingerprint density at radius 3 is 2.62 bits per heavy atom. The van der Waals surface area contributed by atoms with Crippen LogP contribution in [-0.2, 0) is 0 Å². The number of primary amides is 1. The predicted molar refractivity (Wildman–Crippen MR) is 65.3 cm³/mol. The van der Waals surface area contributed by atoms with E-state index in [1.165, 1.54) is 12.8 Å². The lowest BCUT2D eigenvalue weighted by Gasteiger charge is -2.17. The SMILES string of the molecule is NC(=O)c1cccc(N)c1NC1CCCC1. The summed E-state index contributed by atoms with van der Waals surface area (Å²) in [5.41, 5.74) is 13.0. The number of carbonyl (C=O) groups is 1. The van der Waals surface area contributed by atoms with E-state index in [1.807, 2.05) is 0 Å². The first-order valence-corrected chi connectivity index (χ1v) is 5.63. The van der Waals surface area contributed by atoms with Gasteiger partial charge in [0.1, 0.15) is 0 Å². The summed E-state index contributed by atoms with van der Waals surface area (Å²) in [4.78, 5) is 11.3. The first-order valence-electron chi connectivity index (χ1n) is 5.63. The van der Waals surface area contributed by atoms with Gasteiger partial charge in [-0.05, 0) is 25.0 Å². The maximum Gasteiger partial charge on any atom is 0.250 e. The molecule has 0 unspecified atom stereocenters. The number of amides is 1. The van der Waals surface area contributed by atoms with E-state index in [4.69, 9.17) is 11.5 Å². The van der Waals surface area contributed by atoms with Gasteiger partial charge in [0, 0.05) is 6.04 Å². The standard InChI is InChI=1S/C12H17N3O/c13-10-7-3-6-9(12(14)16)11(10)15-8-4-1-2-5-8/h3,6-8,15H,1-2,4-5,13H2,(H2,14,16). The Morgan fingerprint density at radius 2 is 2.00 bits per heavy atom. The van der Waals surface area contributed by atoms with Crippen LogP contribution >= 0.6 is 0 Å². The number of carbonyl (C=O) groups excluding carboxylic acids is 1. The molecule has 1 aliphatic carbocycles. The van der Waals surface area contributed by atoms with E-state index in [1.54, 1.807) is 18.2 Å². The molecule has 0 atom stereocenters. The zero-order valence-electron chi connectivity index (χ0n) is 9.20. The van der Waals surface area contributed by atoms with Crippen molar-refractivity contribution in [3.8, 4) is 0 Å². The summed E-state index contributed by atoms with van der Waals surface area (Å²) in [7, 11) is 0. The smallest absolute Gasteiger partial charge is 0.250 e. The first-order chi connectivity index (χ1) is 7.68. The summed E-state index contributed by atoms with van der Waals surface area (Å²) in [5, 5.41) is 3.33. The molecule has 2 rings (SSSR count). The van der Waals surface area contributed by atoms with Gasteiger partial charge in [-0.2, -0.15) is 0 Å². The highest BCUT2D eigenvalue weighted by atomic mass is 16.1. The van der Waals surface area contributed by atoms with Crippen LogP contribution in [-0.4, -0.2) is 11.9 Å². The van der Waals surface area contributed by atoms with Gasteiger partial charge in [-0.3, -0.25) is 4.79 Å². The maximum atomic E-state index is 11.3. The number of para-hydroxylation sites is 1. The molecule has 0 aliphatic heterocycles. The molecule has 1 aromatic rings. The first kappa shape index (κ1) is 10.8. The molecule has 1 saturated carbocycles. The molecule has 1 aliphatic rings. The second-order valence-electron chi connectivity index (χ2n) is 4.26. The van der Waals surface area contributed by atoms with E-state index in [9.17, 15) is 4.79 Å². The molecular formula is C12H17N3O. The van der Waals surface area contributed by atoms with Crippen LogP contribution in [0.5, 0.6) is 0 Å². The van der Waals surface area contributed by atoms with Crippen molar-refractivity contribution in [2.24, 2.45) is 5.73 Å². The Morgan fingerprint density at radius 1 is 1.31 bits per heavy atom. The van der Waals surface area contributed by atoms with Crippen LogP contribution in [0.2, 0.25) is 0 Å². The van der Waals surface area contributed by atoms with E-state index >= 15 is 0 Å². The van der Waals surface area contributed by atoms with Crippen LogP contribution in [0, 0.1) is 0 Å². The highest BCUT2D eigenvalue weighted by Gasteiger charge is 2.18. The van der Waals surface area contributed by atoms with E-state index in [0.717, 1.165) is 12.8 Å². The monoisotopic (exact) mass is 219 g/mol. The van der Waals surface area contributed by atoms with Crippen molar-refractivity contribution in [2.75, 3.05) is 11.1 Å². The van der Waals surface area contributed by atoms with Crippen molar-refractivity contribution in [2.45, 2.75) is 31.7 Å². The lowest BCUT2D eigenvalue weighted by atomic mass is 10.1. The number of anilines is 2. The minimum absolute atomic E-state index is 0.419. The second kappa shape index (κ2) is 4.43. The van der Waals surface area contributed by atoms with Crippen molar-refractivity contribution in [1.29, 1.82) is 0 Å². The summed E-state index contributed by atoms with van der Waals surface area (Å²) in [5.74, 6) is -0.437. The predicted octanol–water partition coefficient (Wildman–Crippen LogP) is 1.72. The summed E-state index contributed by atoms with van der Waals surface area (Å²) >= 11 is 0. The minimum Gasteiger partial charge on any atom is -0.397 e. The zero-order valence-corrected chi connectivity index (χ0v) is 9.20. The van der Waals surface area contributed by atoms with Crippen LogP contribution in [0.1, 0.15) is 36.0 Å². The summed E-state index contributed by atoms with van der Waals surface area (Å²) in [6.45, 7) is 0. The number of nitrogens with two attached hydrogens (primary N) is 2. The van der Waals surface area contributed by atoms with E-state index in [-0.39, 0.29) is 0 Å². The second-order valence-corrected chi connectivity index (χ2v) is 4.26. The fourth-order valence-corrected chi connectivity index (χ4v) is 2.21. The molecule has 4 heteroatoms. The summed E-state index contributed by atoms with van der Waals surface area (Å²) in [6.07, 6.45) is 4.73. The van der Waals surface area contributed by atoms with E-state index < -0.39 is 5.91 Å². The highest BCUT2D eigenvalue weighted by molar-refractivity contribution is 6.01. The van der Waals surface area contributed by atoms with Crippen molar-refractivity contribution in [1.82, 2.24) is 0 Å². The Labute approximate surface area is 95.0 Å². The third kappa shape index (κ3) is 2.10. The largest absolute Gasteiger partial charge is 0.397 e. The Balaban J connectivity index is 2.26. The number of benzene rings is 1. The molecule has 1 fully saturated rings. The molecule has 1 amide bonds. The third-order valence-corrected chi connectivity index (χ3v) is 3.07. The van der Waals surface area contributed by atoms with Crippen LogP contribution < -0.4 is 16.8 Å². The van der Waals surface area contributed by atoms with Crippen molar-refractivity contribution >= 4 is 17.3 Å². The van der Waals surface area contributed by atoms with Gasteiger partial charge in [0.05, 0.1) is 16.9 Å². The maximum absolute atomic E-state index is 11.3. The number of hydrogen-bond donors (Lipinski definition) is 3. The molecule has 5 N–H and O–H groups in total. The van der Waals surface area contributed by atoms with Crippen LogP contribution in [0.15, 0.2) is 18.2 Å². The fourth-order valence-electron chi connectivity index (χ4n) is 2.21. The van der Waals surface area contributed by atoms with Gasteiger partial charge in [0.2, 0.25) is 0 Å². The Bertz CT molecular complexity index is 397. The highest BCUT2D eigenvalue weighted by Crippen LogP contribution is 2.28. The van der Waals surface area contributed by atoms with Crippen molar-refractivity contribution in [3.63, 3.8) is 0 Å². The molecule has 1 aromatic carbocycles. The van der Waals surface area contributed by atoms with Gasteiger partial charge >= 0.3 is 0 Å². The minimum atomic E-state index is -0.437. The van der Waals surface area contributed by atoms with Gasteiger partial charge in [0.25, 0.3) is 5.91 Å². The molecule has 0 radical (unpaired) electrons. The normalized spacial score (nSPS) is 16.2. The molecule has 86 valence electrons. The number of hydrogen-bond acceptors (Lipinski definition) is 3. The zero-order chi connectivity index (χ0) is 11.5. The lowest BCUT2D eigenvalue weighted by molar-refractivity contribution is 0.100. The molecule has 0 spiro atoms. The van der Waals surface area contributed by atoms with Crippen LogP contribution in [0.25, 0.3) is 0 Å². The molecule has 0 heterocycles. The topological polar surface area (TPSA) is 81.1 Å². The fraction of sp³-hybridized carbons (Fsp3) is 0.417. The number of nitrogen functional groups attached to an aromatic ring is 1. The lowest BCUT2D eigenvalue weighted by Crippen LogP contribution is -2.20. The van der Waals surface area contributed by atoms with E-state index in [2.05, 4.69) is 5.32 Å². The van der Waals surface area contributed by atoms with Gasteiger partial charge in [0.15, 0.2) is 0 Å². The molecule has 0 saturated heterocycles. The summed E-state index contributed by atoms with van der Waals surface area (Å²) in [6, 6.07) is 5.65. The Hall–Kier alpha value is -1.71. The van der Waals surface area contributed by atoms with Crippen LogP contribution in [0.3, 0.4) is 0 Å². The average molecular weight is 219 g/mol. The van der Waals surface area contributed by atoms with Gasteiger partial charge < -0.3 is 16.8 Å². The number of nitrogens with one attached hydrogen (secondary N) is 1. The quantitative estimate of drug-likeness (QED) is 0.677. The van der Waals surface area contributed by atoms with Gasteiger partial charge in [-0.25, -0.2) is 0 Å². The number of rotatable bonds is 3. The van der Waals surface area contributed by atoms with Crippen molar-refractivity contribution in [3.05, 3.63) is 23.8 Å².